The van der Waals surface area contributed by atoms with Gasteiger partial charge in [-0.15, -0.1) is 0 Å². The predicted octanol–water partition coefficient (Wildman–Crippen LogP) is -0.338. The van der Waals surface area contributed by atoms with Crippen molar-refractivity contribution in [2.45, 2.75) is 18.6 Å². The molecular weight excluding hydrogens is 179 g/mol. The molecular formula is C7H13FN2O3. The highest BCUT2D eigenvalue weighted by Crippen LogP contribution is 2.19. The Hall–Kier alpha value is -0.880. The van der Waals surface area contributed by atoms with Gasteiger partial charge in [-0.3, -0.25) is 4.84 Å². The van der Waals surface area contributed by atoms with Crippen molar-refractivity contribution in [3.05, 3.63) is 0 Å². The number of carbonyl (C=O) groups excluding carboxylic acids is 1. The summed E-state index contributed by atoms with van der Waals surface area (Å²) in [7, 11) is 1.30. The molecule has 13 heavy (non-hydrogen) atoms. The second kappa shape index (κ2) is 4.38. The fourth-order valence-corrected chi connectivity index (χ4v) is 1.43. The van der Waals surface area contributed by atoms with Crippen LogP contribution in [0.3, 0.4) is 0 Å². The van der Waals surface area contributed by atoms with Crippen molar-refractivity contribution in [1.29, 1.82) is 0 Å². The fourth-order valence-electron chi connectivity index (χ4n) is 1.43. The number of nitrogens with zero attached hydrogens (tertiary/aromatic N) is 1. The molecule has 1 aliphatic heterocycles. The Labute approximate surface area is 75.4 Å². The normalized spacial score (nSPS) is 27.8. The number of urea groups is 1. The highest BCUT2D eigenvalue weighted by Gasteiger charge is 2.34. The lowest BCUT2D eigenvalue weighted by atomic mass is 10.2. The van der Waals surface area contributed by atoms with Crippen LogP contribution in [-0.4, -0.2) is 48.5 Å². The molecule has 2 atom stereocenters. The summed E-state index contributed by atoms with van der Waals surface area (Å²) in [5.41, 5.74) is 2.08. The Balaban J connectivity index is 2.52. The van der Waals surface area contributed by atoms with Gasteiger partial charge in [0.25, 0.3) is 0 Å². The first-order chi connectivity index (χ1) is 6.19. The van der Waals surface area contributed by atoms with Gasteiger partial charge in [-0.25, -0.2) is 14.7 Å². The lowest BCUT2D eigenvalue weighted by Crippen LogP contribution is -2.43. The Morgan fingerprint density at radius 1 is 1.85 bits per heavy atom. The molecule has 0 saturated carbocycles. The molecule has 76 valence electrons. The minimum atomic E-state index is -1.06. The summed E-state index contributed by atoms with van der Waals surface area (Å²) in [6, 6.07) is -0.952. The van der Waals surface area contributed by atoms with Crippen LogP contribution >= 0.6 is 0 Å². The SMILES string of the molecule is CONC(=O)N1CC(F)CC1CO. The van der Waals surface area contributed by atoms with Crippen LogP contribution in [-0.2, 0) is 4.84 Å². The quantitative estimate of drug-likeness (QED) is 0.588. The van der Waals surface area contributed by atoms with Crippen LogP contribution in [0.1, 0.15) is 6.42 Å². The minimum absolute atomic E-state index is 0.0143. The number of carbonyl (C=O) groups is 1. The molecule has 1 rings (SSSR count). The standard InChI is InChI=1S/C7H13FN2O3/c1-13-9-7(12)10-3-5(8)2-6(10)4-11/h5-6,11H,2-4H2,1H3,(H,9,12). The van der Waals surface area contributed by atoms with Crippen molar-refractivity contribution in [2.75, 3.05) is 20.3 Å². The maximum absolute atomic E-state index is 12.8. The van der Waals surface area contributed by atoms with Crippen molar-refractivity contribution in [3.63, 3.8) is 0 Å². The van der Waals surface area contributed by atoms with Gasteiger partial charge in [0.05, 0.1) is 26.3 Å². The van der Waals surface area contributed by atoms with Crippen molar-refractivity contribution < 1.29 is 19.1 Å². The van der Waals surface area contributed by atoms with E-state index in [-0.39, 0.29) is 19.6 Å². The molecule has 2 amide bonds. The Kier molecular flexibility index (Phi) is 3.44. The van der Waals surface area contributed by atoms with Gasteiger partial charge in [-0.1, -0.05) is 0 Å². The third-order valence-corrected chi connectivity index (χ3v) is 2.02. The summed E-state index contributed by atoms with van der Waals surface area (Å²) >= 11 is 0. The van der Waals surface area contributed by atoms with Crippen LogP contribution < -0.4 is 5.48 Å². The van der Waals surface area contributed by atoms with Gasteiger partial charge >= 0.3 is 6.03 Å². The van der Waals surface area contributed by atoms with Gasteiger partial charge in [0.2, 0.25) is 0 Å². The molecule has 0 aromatic rings. The third-order valence-electron chi connectivity index (χ3n) is 2.02. The number of aliphatic hydroxyl groups is 1. The molecule has 6 heteroatoms. The fraction of sp³-hybridized carbons (Fsp3) is 0.857. The number of nitrogens with one attached hydrogen (secondary N) is 1. The number of alkyl halides is 1. The third kappa shape index (κ3) is 2.28. The summed E-state index contributed by atoms with van der Waals surface area (Å²) in [6.07, 6.45) is -0.868. The summed E-state index contributed by atoms with van der Waals surface area (Å²) in [5, 5.41) is 8.84. The van der Waals surface area contributed by atoms with Crippen LogP contribution in [0, 0.1) is 0 Å². The number of hydroxylamine groups is 1. The topological polar surface area (TPSA) is 61.8 Å². The molecule has 0 spiro atoms. The Morgan fingerprint density at radius 2 is 2.54 bits per heavy atom. The first-order valence-corrected chi connectivity index (χ1v) is 4.03. The second-order valence-electron chi connectivity index (χ2n) is 2.93. The molecule has 1 heterocycles. The molecule has 0 radical (unpaired) electrons. The van der Waals surface area contributed by atoms with Crippen molar-refractivity contribution in [1.82, 2.24) is 10.4 Å². The number of amides is 2. The highest BCUT2D eigenvalue weighted by molar-refractivity contribution is 5.73. The van der Waals surface area contributed by atoms with Crippen molar-refractivity contribution in [2.24, 2.45) is 0 Å². The summed E-state index contributed by atoms with van der Waals surface area (Å²) in [6.45, 7) is -0.210. The van der Waals surface area contributed by atoms with E-state index in [0.717, 1.165) is 0 Å². The van der Waals surface area contributed by atoms with Crippen LogP contribution in [0.4, 0.5) is 9.18 Å². The van der Waals surface area contributed by atoms with Crippen LogP contribution in [0.5, 0.6) is 0 Å². The zero-order chi connectivity index (χ0) is 9.84. The van der Waals surface area contributed by atoms with Gasteiger partial charge in [0.1, 0.15) is 6.17 Å². The number of hydrogen-bond donors (Lipinski definition) is 2. The number of aliphatic hydroxyl groups excluding tert-OH is 1. The largest absolute Gasteiger partial charge is 0.394 e. The van der Waals surface area contributed by atoms with Gasteiger partial charge < -0.3 is 10.0 Å². The van der Waals surface area contributed by atoms with E-state index in [1.807, 2.05) is 0 Å². The van der Waals surface area contributed by atoms with E-state index in [1.165, 1.54) is 12.0 Å². The summed E-state index contributed by atoms with van der Waals surface area (Å²) < 4.78 is 12.8. The van der Waals surface area contributed by atoms with E-state index in [0.29, 0.717) is 0 Å². The molecule has 1 aliphatic rings. The molecule has 0 bridgehead atoms. The molecule has 2 unspecified atom stereocenters. The smallest absolute Gasteiger partial charge is 0.341 e. The van der Waals surface area contributed by atoms with E-state index in [4.69, 9.17) is 5.11 Å². The van der Waals surface area contributed by atoms with Crippen LogP contribution in [0.25, 0.3) is 0 Å². The number of halogens is 1. The molecule has 5 nitrogen and oxygen atoms in total. The van der Waals surface area contributed by atoms with Gasteiger partial charge in [-0.2, -0.15) is 0 Å². The lowest BCUT2D eigenvalue weighted by molar-refractivity contribution is 0.0770. The molecule has 0 aromatic carbocycles. The monoisotopic (exact) mass is 192 g/mol. The van der Waals surface area contributed by atoms with Gasteiger partial charge in [0.15, 0.2) is 0 Å². The number of likely N-dealkylation sites (tertiary alicyclic amines) is 1. The number of hydrogen-bond acceptors (Lipinski definition) is 3. The average Bonchev–Trinajstić information content (AvgIpc) is 2.47. The molecule has 0 aliphatic carbocycles. The van der Waals surface area contributed by atoms with E-state index >= 15 is 0 Å². The van der Waals surface area contributed by atoms with Crippen LogP contribution in [0.15, 0.2) is 0 Å². The van der Waals surface area contributed by atoms with E-state index in [9.17, 15) is 9.18 Å². The van der Waals surface area contributed by atoms with Crippen LogP contribution in [0.2, 0.25) is 0 Å². The van der Waals surface area contributed by atoms with E-state index < -0.39 is 18.2 Å². The molecule has 1 fully saturated rings. The second-order valence-corrected chi connectivity index (χ2v) is 2.93. The Morgan fingerprint density at radius 3 is 3.08 bits per heavy atom. The molecule has 1 saturated heterocycles. The van der Waals surface area contributed by atoms with E-state index in [1.54, 1.807) is 0 Å². The van der Waals surface area contributed by atoms with E-state index in [2.05, 4.69) is 10.3 Å². The zero-order valence-corrected chi connectivity index (χ0v) is 7.36. The van der Waals surface area contributed by atoms with Gasteiger partial charge in [-0.05, 0) is 0 Å². The predicted molar refractivity (Wildman–Crippen MR) is 42.6 cm³/mol. The van der Waals surface area contributed by atoms with Crippen molar-refractivity contribution in [3.8, 4) is 0 Å². The average molecular weight is 192 g/mol. The summed E-state index contributed by atoms with van der Waals surface area (Å²) in [4.78, 5) is 16.8. The zero-order valence-electron chi connectivity index (χ0n) is 7.36. The molecule has 0 aromatic heterocycles. The summed E-state index contributed by atoms with van der Waals surface area (Å²) in [5.74, 6) is 0. The van der Waals surface area contributed by atoms with Crippen molar-refractivity contribution >= 4 is 6.03 Å². The first-order valence-electron chi connectivity index (χ1n) is 4.03. The highest BCUT2D eigenvalue weighted by atomic mass is 19.1. The van der Waals surface area contributed by atoms with Gasteiger partial charge in [0, 0.05) is 6.42 Å². The number of rotatable bonds is 2. The Bertz CT molecular complexity index is 191. The first kappa shape index (κ1) is 10.2. The maximum Gasteiger partial charge on any atom is 0.341 e. The maximum atomic E-state index is 12.8. The molecule has 2 N–H and O–H groups in total. The minimum Gasteiger partial charge on any atom is -0.394 e. The lowest BCUT2D eigenvalue weighted by Gasteiger charge is -2.21.